The van der Waals surface area contributed by atoms with E-state index in [0.29, 0.717) is 5.56 Å². The van der Waals surface area contributed by atoms with E-state index < -0.39 is 11.7 Å². The number of aliphatic hydroxyl groups is 1. The van der Waals surface area contributed by atoms with Crippen molar-refractivity contribution in [3.63, 3.8) is 0 Å². The SMILES string of the molecule is O=C(C=C(O)c1ccccc1)C(=O)NCc1ccccc1. The fourth-order valence-electron chi connectivity index (χ4n) is 1.75. The first-order chi connectivity index (χ1) is 10.2. The van der Waals surface area contributed by atoms with Crippen LogP contribution < -0.4 is 5.32 Å². The first-order valence-electron chi connectivity index (χ1n) is 6.49. The van der Waals surface area contributed by atoms with Crippen LogP contribution in [0.1, 0.15) is 11.1 Å². The standard InChI is InChI=1S/C17H15NO3/c19-15(14-9-5-2-6-10-14)11-16(20)17(21)18-12-13-7-3-1-4-8-13/h1-11,19H,12H2,(H,18,21). The molecule has 4 nitrogen and oxygen atoms in total. The van der Waals surface area contributed by atoms with Crippen LogP contribution in [0.4, 0.5) is 0 Å². The van der Waals surface area contributed by atoms with Gasteiger partial charge in [-0.1, -0.05) is 60.7 Å². The third kappa shape index (κ3) is 4.31. The molecule has 0 aliphatic rings. The van der Waals surface area contributed by atoms with Gasteiger partial charge < -0.3 is 10.4 Å². The molecule has 0 heterocycles. The topological polar surface area (TPSA) is 66.4 Å². The van der Waals surface area contributed by atoms with Crippen molar-refractivity contribution in [1.82, 2.24) is 5.32 Å². The van der Waals surface area contributed by atoms with Crippen LogP contribution in [-0.2, 0) is 16.1 Å². The average molecular weight is 281 g/mol. The zero-order valence-electron chi connectivity index (χ0n) is 11.3. The van der Waals surface area contributed by atoms with Gasteiger partial charge in [0.05, 0.1) is 0 Å². The molecule has 0 saturated carbocycles. The highest BCUT2D eigenvalue weighted by Crippen LogP contribution is 2.10. The Balaban J connectivity index is 1.95. The molecule has 2 rings (SSSR count). The van der Waals surface area contributed by atoms with Crippen molar-refractivity contribution in [2.45, 2.75) is 6.54 Å². The van der Waals surface area contributed by atoms with Crippen molar-refractivity contribution in [2.75, 3.05) is 0 Å². The van der Waals surface area contributed by atoms with E-state index in [0.717, 1.165) is 11.6 Å². The molecule has 0 aliphatic heterocycles. The van der Waals surface area contributed by atoms with Gasteiger partial charge >= 0.3 is 0 Å². The van der Waals surface area contributed by atoms with Crippen molar-refractivity contribution in [2.24, 2.45) is 0 Å². The summed E-state index contributed by atoms with van der Waals surface area (Å²) in [4.78, 5) is 23.4. The molecule has 0 saturated heterocycles. The molecule has 0 spiro atoms. The van der Waals surface area contributed by atoms with Crippen LogP contribution in [0.5, 0.6) is 0 Å². The van der Waals surface area contributed by atoms with Crippen LogP contribution in [0.25, 0.3) is 5.76 Å². The summed E-state index contributed by atoms with van der Waals surface area (Å²) in [5, 5.41) is 12.3. The van der Waals surface area contributed by atoms with E-state index in [4.69, 9.17) is 0 Å². The van der Waals surface area contributed by atoms with E-state index in [1.54, 1.807) is 30.3 Å². The molecule has 0 aromatic heterocycles. The molecule has 1 amide bonds. The van der Waals surface area contributed by atoms with Crippen LogP contribution in [0.3, 0.4) is 0 Å². The van der Waals surface area contributed by atoms with Crippen LogP contribution in [0.2, 0.25) is 0 Å². The normalized spacial score (nSPS) is 11.0. The van der Waals surface area contributed by atoms with Gasteiger partial charge in [-0.05, 0) is 5.56 Å². The second kappa shape index (κ2) is 7.05. The van der Waals surface area contributed by atoms with E-state index >= 15 is 0 Å². The van der Waals surface area contributed by atoms with Crippen molar-refractivity contribution >= 4 is 17.4 Å². The van der Waals surface area contributed by atoms with Crippen molar-refractivity contribution in [3.8, 4) is 0 Å². The summed E-state index contributed by atoms with van der Waals surface area (Å²) in [7, 11) is 0. The maximum atomic E-state index is 11.7. The van der Waals surface area contributed by atoms with Gasteiger partial charge in [0, 0.05) is 18.2 Å². The van der Waals surface area contributed by atoms with Crippen molar-refractivity contribution in [3.05, 3.63) is 77.9 Å². The molecule has 106 valence electrons. The fraction of sp³-hybridized carbons (Fsp3) is 0.0588. The average Bonchev–Trinajstić information content (AvgIpc) is 2.54. The third-order valence-corrected chi connectivity index (χ3v) is 2.86. The third-order valence-electron chi connectivity index (χ3n) is 2.86. The predicted molar refractivity (Wildman–Crippen MR) is 80.3 cm³/mol. The van der Waals surface area contributed by atoms with Crippen molar-refractivity contribution in [1.29, 1.82) is 0 Å². The number of carbonyl (C=O) groups excluding carboxylic acids is 2. The summed E-state index contributed by atoms with van der Waals surface area (Å²) >= 11 is 0. The minimum atomic E-state index is -0.785. The summed E-state index contributed by atoms with van der Waals surface area (Å²) in [6, 6.07) is 17.8. The number of amides is 1. The zero-order valence-corrected chi connectivity index (χ0v) is 11.3. The lowest BCUT2D eigenvalue weighted by molar-refractivity contribution is -0.135. The molecule has 4 heteroatoms. The Morgan fingerprint density at radius 1 is 0.952 bits per heavy atom. The second-order valence-electron chi connectivity index (χ2n) is 4.43. The van der Waals surface area contributed by atoms with Gasteiger partial charge in [0.2, 0.25) is 5.78 Å². The Bertz CT molecular complexity index is 648. The molecule has 2 aromatic rings. The number of aliphatic hydroxyl groups excluding tert-OH is 1. The summed E-state index contributed by atoms with van der Waals surface area (Å²) in [5.74, 6) is -1.76. The van der Waals surface area contributed by atoms with E-state index in [1.807, 2.05) is 30.3 Å². The molecular weight excluding hydrogens is 266 g/mol. The number of rotatable bonds is 5. The molecule has 0 atom stereocenters. The minimum Gasteiger partial charge on any atom is -0.507 e. The molecule has 0 bridgehead atoms. The summed E-state index contributed by atoms with van der Waals surface area (Å²) < 4.78 is 0. The lowest BCUT2D eigenvalue weighted by atomic mass is 10.1. The summed E-state index contributed by atoms with van der Waals surface area (Å²) in [6.45, 7) is 0.269. The Morgan fingerprint density at radius 3 is 2.14 bits per heavy atom. The molecule has 21 heavy (non-hydrogen) atoms. The highest BCUT2D eigenvalue weighted by molar-refractivity contribution is 6.41. The molecule has 0 fully saturated rings. The number of hydrogen-bond donors (Lipinski definition) is 2. The maximum absolute atomic E-state index is 11.7. The van der Waals surface area contributed by atoms with Gasteiger partial charge in [0.25, 0.3) is 5.91 Å². The Labute approximate surface area is 122 Å². The number of ketones is 1. The van der Waals surface area contributed by atoms with Gasteiger partial charge in [-0.15, -0.1) is 0 Å². The van der Waals surface area contributed by atoms with Crippen LogP contribution in [-0.4, -0.2) is 16.8 Å². The second-order valence-corrected chi connectivity index (χ2v) is 4.43. The number of benzene rings is 2. The van der Waals surface area contributed by atoms with Crippen LogP contribution in [0.15, 0.2) is 66.7 Å². The lowest BCUT2D eigenvalue weighted by Gasteiger charge is -2.03. The highest BCUT2D eigenvalue weighted by Gasteiger charge is 2.12. The first-order valence-corrected chi connectivity index (χ1v) is 6.49. The monoisotopic (exact) mass is 281 g/mol. The quantitative estimate of drug-likeness (QED) is 0.502. The number of hydrogen-bond acceptors (Lipinski definition) is 3. The van der Waals surface area contributed by atoms with E-state index in [1.165, 1.54) is 0 Å². The van der Waals surface area contributed by atoms with Crippen molar-refractivity contribution < 1.29 is 14.7 Å². The van der Waals surface area contributed by atoms with Gasteiger partial charge in [0.1, 0.15) is 5.76 Å². The Morgan fingerprint density at radius 2 is 1.52 bits per heavy atom. The zero-order chi connectivity index (χ0) is 15.1. The Kier molecular flexibility index (Phi) is 4.88. The van der Waals surface area contributed by atoms with Gasteiger partial charge in [-0.2, -0.15) is 0 Å². The van der Waals surface area contributed by atoms with Crippen LogP contribution in [0, 0.1) is 0 Å². The lowest BCUT2D eigenvalue weighted by Crippen LogP contribution is -2.29. The molecule has 2 N–H and O–H groups in total. The summed E-state index contributed by atoms with van der Waals surface area (Å²) in [6.07, 6.45) is 0.926. The molecular formula is C17H15NO3. The first kappa shape index (κ1) is 14.5. The molecule has 2 aromatic carbocycles. The number of carbonyl (C=O) groups is 2. The predicted octanol–water partition coefficient (Wildman–Crippen LogP) is 2.47. The highest BCUT2D eigenvalue weighted by atomic mass is 16.3. The molecule has 0 unspecified atom stereocenters. The van der Waals surface area contributed by atoms with E-state index in [-0.39, 0.29) is 12.3 Å². The minimum absolute atomic E-state index is 0.226. The van der Waals surface area contributed by atoms with E-state index in [2.05, 4.69) is 5.32 Å². The number of nitrogens with one attached hydrogen (secondary N) is 1. The van der Waals surface area contributed by atoms with Gasteiger partial charge in [-0.3, -0.25) is 9.59 Å². The van der Waals surface area contributed by atoms with E-state index in [9.17, 15) is 14.7 Å². The molecule has 0 radical (unpaired) electrons. The largest absolute Gasteiger partial charge is 0.507 e. The summed E-state index contributed by atoms with van der Waals surface area (Å²) in [5.41, 5.74) is 1.39. The van der Waals surface area contributed by atoms with Crippen LogP contribution >= 0.6 is 0 Å². The molecule has 0 aliphatic carbocycles. The fourth-order valence-corrected chi connectivity index (χ4v) is 1.75. The maximum Gasteiger partial charge on any atom is 0.292 e. The Hall–Kier alpha value is -2.88. The van der Waals surface area contributed by atoms with Gasteiger partial charge in [-0.25, -0.2) is 0 Å². The van der Waals surface area contributed by atoms with Gasteiger partial charge in [0.15, 0.2) is 0 Å². The smallest absolute Gasteiger partial charge is 0.292 e.